The highest BCUT2D eigenvalue weighted by Crippen LogP contribution is 2.28. The minimum absolute atomic E-state index is 0.268. The van der Waals surface area contributed by atoms with Gasteiger partial charge < -0.3 is 4.74 Å². The summed E-state index contributed by atoms with van der Waals surface area (Å²) in [6.45, 7) is 4.57. The van der Waals surface area contributed by atoms with Crippen LogP contribution in [-0.4, -0.2) is 15.0 Å². The molecule has 0 saturated heterocycles. The number of anilines is 1. The molecule has 2 aromatic rings. The molecule has 2 aromatic carbocycles. The van der Waals surface area contributed by atoms with Crippen molar-refractivity contribution in [1.29, 1.82) is 0 Å². The Balaban J connectivity index is 1.91. The number of hydrogen-bond donors (Lipinski definition) is 1. The van der Waals surface area contributed by atoms with Crippen LogP contribution < -0.4 is 9.46 Å². The molecule has 1 N–H and O–H groups in total. The summed E-state index contributed by atoms with van der Waals surface area (Å²) in [5.74, 6) is 0.778. The minimum Gasteiger partial charge on any atom is -0.493 e. The molecule has 3 rings (SSSR count). The summed E-state index contributed by atoms with van der Waals surface area (Å²) in [7, 11) is -3.57. The van der Waals surface area contributed by atoms with Crippen molar-refractivity contribution < 1.29 is 13.2 Å². The van der Waals surface area contributed by atoms with Crippen molar-refractivity contribution in [2.75, 3.05) is 11.3 Å². The largest absolute Gasteiger partial charge is 0.493 e. The lowest BCUT2D eigenvalue weighted by Crippen LogP contribution is -2.13. The highest BCUT2D eigenvalue weighted by atomic mass is 32.2. The predicted molar refractivity (Wildman–Crippen MR) is 82.4 cm³/mol. The van der Waals surface area contributed by atoms with E-state index in [1.807, 2.05) is 26.0 Å². The van der Waals surface area contributed by atoms with Crippen molar-refractivity contribution in [2.24, 2.45) is 0 Å². The zero-order valence-electron chi connectivity index (χ0n) is 12.0. The van der Waals surface area contributed by atoms with Crippen LogP contribution in [0.1, 0.15) is 16.7 Å². The van der Waals surface area contributed by atoms with Crippen LogP contribution in [0.2, 0.25) is 0 Å². The molecule has 0 unspecified atom stereocenters. The third-order valence-corrected chi connectivity index (χ3v) is 5.11. The maximum Gasteiger partial charge on any atom is 0.261 e. The monoisotopic (exact) mass is 303 g/mol. The number of aryl methyl sites for hydroxylation is 2. The third-order valence-electron chi connectivity index (χ3n) is 3.73. The van der Waals surface area contributed by atoms with Crippen LogP contribution in [0.4, 0.5) is 5.69 Å². The Morgan fingerprint density at radius 2 is 1.86 bits per heavy atom. The second-order valence-corrected chi connectivity index (χ2v) is 6.95. The van der Waals surface area contributed by atoms with Crippen LogP contribution in [0.15, 0.2) is 41.3 Å². The first-order valence-corrected chi connectivity index (χ1v) is 8.30. The number of hydrogen-bond acceptors (Lipinski definition) is 3. The van der Waals surface area contributed by atoms with E-state index in [0.717, 1.165) is 28.9 Å². The first-order chi connectivity index (χ1) is 9.95. The molecular formula is C16H17NO3S. The number of sulfonamides is 1. The number of ether oxygens (including phenoxy) is 1. The molecule has 0 aliphatic carbocycles. The Bertz CT molecular complexity index is 797. The molecule has 4 nitrogen and oxygen atoms in total. The first-order valence-electron chi connectivity index (χ1n) is 6.81. The van der Waals surface area contributed by atoms with Gasteiger partial charge in [-0.05, 0) is 60.9 Å². The van der Waals surface area contributed by atoms with Gasteiger partial charge in [-0.1, -0.05) is 6.07 Å². The number of rotatable bonds is 3. The van der Waals surface area contributed by atoms with E-state index in [2.05, 4.69) is 4.72 Å². The van der Waals surface area contributed by atoms with Gasteiger partial charge in [0.15, 0.2) is 0 Å². The van der Waals surface area contributed by atoms with E-state index < -0.39 is 10.0 Å². The van der Waals surface area contributed by atoms with Crippen molar-refractivity contribution in [3.8, 4) is 5.75 Å². The highest BCUT2D eigenvalue weighted by Gasteiger charge is 2.19. The molecule has 0 spiro atoms. The Kier molecular flexibility index (Phi) is 3.37. The second kappa shape index (κ2) is 5.07. The number of benzene rings is 2. The molecule has 5 heteroatoms. The van der Waals surface area contributed by atoms with Gasteiger partial charge in [-0.2, -0.15) is 0 Å². The predicted octanol–water partition coefficient (Wildman–Crippen LogP) is 3.04. The van der Waals surface area contributed by atoms with Gasteiger partial charge in [0, 0.05) is 12.1 Å². The molecular weight excluding hydrogens is 286 g/mol. The standard InChI is InChI=1S/C16H17NO3S/c1-11-3-4-14(9-12(11)2)17-21(18,19)15-5-6-16-13(10-15)7-8-20-16/h3-6,9-10,17H,7-8H2,1-2H3. The molecule has 0 atom stereocenters. The fourth-order valence-corrected chi connectivity index (χ4v) is 3.45. The molecule has 1 aliphatic heterocycles. The van der Waals surface area contributed by atoms with Gasteiger partial charge in [0.2, 0.25) is 0 Å². The molecule has 110 valence electrons. The SMILES string of the molecule is Cc1ccc(NS(=O)(=O)c2ccc3c(c2)CCO3)cc1C. The molecule has 0 bridgehead atoms. The van der Waals surface area contributed by atoms with Crippen LogP contribution in [-0.2, 0) is 16.4 Å². The zero-order chi connectivity index (χ0) is 15.0. The maximum absolute atomic E-state index is 12.4. The van der Waals surface area contributed by atoms with Crippen molar-refractivity contribution >= 4 is 15.7 Å². The molecule has 0 saturated carbocycles. The van der Waals surface area contributed by atoms with Gasteiger partial charge in [0.1, 0.15) is 5.75 Å². The van der Waals surface area contributed by atoms with Crippen LogP contribution in [0.3, 0.4) is 0 Å². The summed E-state index contributed by atoms with van der Waals surface area (Å²) in [5.41, 5.74) is 3.71. The van der Waals surface area contributed by atoms with Crippen LogP contribution in [0, 0.1) is 13.8 Å². The minimum atomic E-state index is -3.57. The Hall–Kier alpha value is -2.01. The van der Waals surface area contributed by atoms with Gasteiger partial charge in [-0.3, -0.25) is 4.72 Å². The molecule has 0 amide bonds. The van der Waals surface area contributed by atoms with Gasteiger partial charge in [-0.25, -0.2) is 8.42 Å². The summed E-state index contributed by atoms with van der Waals surface area (Å²) in [4.78, 5) is 0.268. The van der Waals surface area contributed by atoms with Crippen LogP contribution >= 0.6 is 0 Å². The molecule has 1 heterocycles. The van der Waals surface area contributed by atoms with E-state index in [-0.39, 0.29) is 4.90 Å². The van der Waals surface area contributed by atoms with Gasteiger partial charge in [0.25, 0.3) is 10.0 Å². The normalized spacial score (nSPS) is 13.6. The van der Waals surface area contributed by atoms with E-state index in [1.54, 1.807) is 24.3 Å². The lowest BCUT2D eigenvalue weighted by atomic mass is 10.1. The van der Waals surface area contributed by atoms with Crippen molar-refractivity contribution in [3.05, 3.63) is 53.1 Å². The second-order valence-electron chi connectivity index (χ2n) is 5.27. The Morgan fingerprint density at radius 1 is 1.05 bits per heavy atom. The Labute approximate surface area is 124 Å². The quantitative estimate of drug-likeness (QED) is 0.948. The summed E-state index contributed by atoms with van der Waals surface area (Å²) in [6, 6.07) is 10.5. The van der Waals surface area contributed by atoms with E-state index >= 15 is 0 Å². The van der Waals surface area contributed by atoms with Crippen LogP contribution in [0.5, 0.6) is 5.75 Å². The summed E-state index contributed by atoms with van der Waals surface area (Å²) in [6.07, 6.45) is 0.752. The summed E-state index contributed by atoms with van der Waals surface area (Å²) >= 11 is 0. The summed E-state index contributed by atoms with van der Waals surface area (Å²) in [5, 5.41) is 0. The first kappa shape index (κ1) is 13.9. The lowest BCUT2D eigenvalue weighted by Gasteiger charge is -2.10. The lowest BCUT2D eigenvalue weighted by molar-refractivity contribution is 0.356. The van der Waals surface area contributed by atoms with Crippen molar-refractivity contribution in [2.45, 2.75) is 25.2 Å². The fraction of sp³-hybridized carbons (Fsp3) is 0.250. The number of nitrogens with one attached hydrogen (secondary N) is 1. The Morgan fingerprint density at radius 3 is 2.62 bits per heavy atom. The topological polar surface area (TPSA) is 55.4 Å². The van der Waals surface area contributed by atoms with E-state index in [4.69, 9.17) is 4.74 Å². The smallest absolute Gasteiger partial charge is 0.261 e. The number of fused-ring (bicyclic) bond motifs is 1. The molecule has 0 aromatic heterocycles. The highest BCUT2D eigenvalue weighted by molar-refractivity contribution is 7.92. The molecule has 1 aliphatic rings. The van der Waals surface area contributed by atoms with Gasteiger partial charge in [0.05, 0.1) is 11.5 Å². The maximum atomic E-state index is 12.4. The van der Waals surface area contributed by atoms with E-state index in [1.165, 1.54) is 0 Å². The van der Waals surface area contributed by atoms with Crippen molar-refractivity contribution in [1.82, 2.24) is 0 Å². The van der Waals surface area contributed by atoms with Crippen LogP contribution in [0.25, 0.3) is 0 Å². The average molecular weight is 303 g/mol. The fourth-order valence-electron chi connectivity index (χ4n) is 2.35. The molecule has 21 heavy (non-hydrogen) atoms. The average Bonchev–Trinajstić information content (AvgIpc) is 2.90. The third kappa shape index (κ3) is 2.74. The van der Waals surface area contributed by atoms with E-state index in [0.29, 0.717) is 12.3 Å². The van der Waals surface area contributed by atoms with Crippen molar-refractivity contribution in [3.63, 3.8) is 0 Å². The molecule has 0 fully saturated rings. The van der Waals surface area contributed by atoms with Gasteiger partial charge >= 0.3 is 0 Å². The van der Waals surface area contributed by atoms with E-state index in [9.17, 15) is 8.42 Å². The molecule has 0 radical (unpaired) electrons. The zero-order valence-corrected chi connectivity index (χ0v) is 12.8. The van der Waals surface area contributed by atoms with Gasteiger partial charge in [-0.15, -0.1) is 0 Å². The summed E-state index contributed by atoms with van der Waals surface area (Å²) < 4.78 is 32.9.